The van der Waals surface area contributed by atoms with Gasteiger partial charge in [0.25, 0.3) is 0 Å². The van der Waals surface area contributed by atoms with E-state index < -0.39 is 0 Å². The van der Waals surface area contributed by atoms with Crippen molar-refractivity contribution in [2.45, 2.75) is 25.3 Å². The van der Waals surface area contributed by atoms with Crippen molar-refractivity contribution < 1.29 is 4.74 Å². The molecule has 1 aliphatic heterocycles. The van der Waals surface area contributed by atoms with Gasteiger partial charge in [-0.3, -0.25) is 0 Å². The minimum Gasteiger partial charge on any atom is -0.383 e. The fourth-order valence-electron chi connectivity index (χ4n) is 2.48. The molecule has 4 nitrogen and oxygen atoms in total. The lowest BCUT2D eigenvalue weighted by Gasteiger charge is -2.36. The zero-order valence-electron chi connectivity index (χ0n) is 11.1. The van der Waals surface area contributed by atoms with Crippen LogP contribution in [0.4, 0.5) is 5.82 Å². The second-order valence-electron chi connectivity index (χ2n) is 4.73. The van der Waals surface area contributed by atoms with E-state index in [4.69, 9.17) is 4.74 Å². The summed E-state index contributed by atoms with van der Waals surface area (Å²) < 4.78 is 5.05. The molecule has 18 heavy (non-hydrogen) atoms. The van der Waals surface area contributed by atoms with Crippen molar-refractivity contribution in [1.82, 2.24) is 10.3 Å². The smallest absolute Gasteiger partial charge is 0.128 e. The number of piperidine rings is 1. The van der Waals surface area contributed by atoms with Crippen LogP contribution in [0, 0.1) is 0 Å². The van der Waals surface area contributed by atoms with Crippen LogP contribution in [0.2, 0.25) is 0 Å². The number of aromatic nitrogens is 1. The summed E-state index contributed by atoms with van der Waals surface area (Å²) in [6.45, 7) is 3.83. The number of hydrogen-bond donors (Lipinski definition) is 1. The lowest BCUT2D eigenvalue weighted by Crippen LogP contribution is -2.46. The zero-order chi connectivity index (χ0) is 12.6. The van der Waals surface area contributed by atoms with Crippen LogP contribution >= 0.6 is 0 Å². The minimum atomic E-state index is 0.561. The van der Waals surface area contributed by atoms with E-state index in [0.29, 0.717) is 6.04 Å². The van der Waals surface area contributed by atoms with Gasteiger partial charge >= 0.3 is 0 Å². The third-order valence-electron chi connectivity index (χ3n) is 3.43. The maximum absolute atomic E-state index is 5.05. The molecule has 0 aliphatic carbocycles. The van der Waals surface area contributed by atoms with E-state index in [9.17, 15) is 0 Å². The standard InChI is InChI=1S/C14H23N3O/c1-18-11-9-15-12-13-6-3-5-10-17(13)14-7-2-4-8-16-14/h2,4,7-8,13,15H,3,5-6,9-12H2,1H3. The molecule has 1 atom stereocenters. The van der Waals surface area contributed by atoms with Crippen LogP contribution in [0.25, 0.3) is 0 Å². The highest BCUT2D eigenvalue weighted by atomic mass is 16.5. The van der Waals surface area contributed by atoms with Gasteiger partial charge in [0.1, 0.15) is 5.82 Å². The first kappa shape index (κ1) is 13.3. The monoisotopic (exact) mass is 249 g/mol. The third kappa shape index (κ3) is 3.68. The van der Waals surface area contributed by atoms with Gasteiger partial charge in [-0.2, -0.15) is 0 Å². The van der Waals surface area contributed by atoms with Crippen molar-refractivity contribution in [3.8, 4) is 0 Å². The summed E-state index contributed by atoms with van der Waals surface area (Å²) in [7, 11) is 1.74. The largest absolute Gasteiger partial charge is 0.383 e. The van der Waals surface area contributed by atoms with Gasteiger partial charge < -0.3 is 15.0 Å². The summed E-state index contributed by atoms with van der Waals surface area (Å²) in [5, 5.41) is 3.46. The van der Waals surface area contributed by atoms with Gasteiger partial charge in [0, 0.05) is 39.0 Å². The Morgan fingerprint density at radius 2 is 2.39 bits per heavy atom. The Morgan fingerprint density at radius 1 is 1.44 bits per heavy atom. The van der Waals surface area contributed by atoms with Crippen molar-refractivity contribution in [2.24, 2.45) is 0 Å². The van der Waals surface area contributed by atoms with Crippen LogP contribution in [0.1, 0.15) is 19.3 Å². The quantitative estimate of drug-likeness (QED) is 0.778. The molecular formula is C14H23N3O. The number of nitrogens with zero attached hydrogens (tertiary/aromatic N) is 2. The first-order chi connectivity index (χ1) is 8.92. The van der Waals surface area contributed by atoms with Crippen molar-refractivity contribution in [3.63, 3.8) is 0 Å². The molecule has 1 fully saturated rings. The molecule has 0 aromatic carbocycles. The van der Waals surface area contributed by atoms with E-state index >= 15 is 0 Å². The second kappa shape index (κ2) is 7.34. The fourth-order valence-corrected chi connectivity index (χ4v) is 2.48. The number of pyridine rings is 1. The number of nitrogens with one attached hydrogen (secondary N) is 1. The van der Waals surface area contributed by atoms with Crippen molar-refractivity contribution in [2.75, 3.05) is 38.3 Å². The summed E-state index contributed by atoms with van der Waals surface area (Å²) in [4.78, 5) is 6.90. The SMILES string of the molecule is COCCNCC1CCCCN1c1ccccn1. The highest BCUT2D eigenvalue weighted by Gasteiger charge is 2.22. The molecule has 100 valence electrons. The summed E-state index contributed by atoms with van der Waals surface area (Å²) in [5.41, 5.74) is 0. The normalized spacial score (nSPS) is 20.1. The molecule has 0 spiro atoms. The van der Waals surface area contributed by atoms with E-state index in [1.165, 1.54) is 19.3 Å². The van der Waals surface area contributed by atoms with Gasteiger partial charge in [-0.15, -0.1) is 0 Å². The molecule has 2 heterocycles. The molecule has 1 N–H and O–H groups in total. The van der Waals surface area contributed by atoms with E-state index in [1.807, 2.05) is 12.3 Å². The Balaban J connectivity index is 1.90. The van der Waals surface area contributed by atoms with Gasteiger partial charge in [-0.1, -0.05) is 6.07 Å². The first-order valence-electron chi connectivity index (χ1n) is 6.79. The summed E-state index contributed by atoms with van der Waals surface area (Å²) in [6.07, 6.45) is 5.71. The van der Waals surface area contributed by atoms with Crippen molar-refractivity contribution >= 4 is 5.82 Å². The summed E-state index contributed by atoms with van der Waals surface area (Å²) >= 11 is 0. The van der Waals surface area contributed by atoms with Crippen molar-refractivity contribution in [3.05, 3.63) is 24.4 Å². The van der Waals surface area contributed by atoms with Crippen LogP contribution in [0.15, 0.2) is 24.4 Å². The highest BCUT2D eigenvalue weighted by molar-refractivity contribution is 5.39. The number of rotatable bonds is 6. The number of anilines is 1. The van der Waals surface area contributed by atoms with Gasteiger partial charge in [0.05, 0.1) is 6.61 Å². The Bertz CT molecular complexity index is 331. The summed E-state index contributed by atoms with van der Waals surface area (Å²) in [6, 6.07) is 6.70. The van der Waals surface area contributed by atoms with E-state index in [1.54, 1.807) is 7.11 Å². The van der Waals surface area contributed by atoms with Gasteiger partial charge in [0.2, 0.25) is 0 Å². The van der Waals surface area contributed by atoms with Crippen LogP contribution in [-0.2, 0) is 4.74 Å². The predicted octanol–water partition coefficient (Wildman–Crippen LogP) is 1.68. The van der Waals surface area contributed by atoms with Crippen molar-refractivity contribution in [1.29, 1.82) is 0 Å². The maximum atomic E-state index is 5.05. The molecule has 4 heteroatoms. The van der Waals surface area contributed by atoms with Crippen LogP contribution in [0.5, 0.6) is 0 Å². The molecule has 1 unspecified atom stereocenters. The number of methoxy groups -OCH3 is 1. The zero-order valence-corrected chi connectivity index (χ0v) is 11.1. The lowest BCUT2D eigenvalue weighted by atomic mass is 10.0. The first-order valence-corrected chi connectivity index (χ1v) is 6.79. The topological polar surface area (TPSA) is 37.4 Å². The molecule has 2 rings (SSSR count). The predicted molar refractivity (Wildman–Crippen MR) is 74.0 cm³/mol. The molecule has 0 saturated carbocycles. The average molecular weight is 249 g/mol. The molecule has 0 bridgehead atoms. The third-order valence-corrected chi connectivity index (χ3v) is 3.43. The molecule has 1 saturated heterocycles. The lowest BCUT2D eigenvalue weighted by molar-refractivity contribution is 0.198. The molecular weight excluding hydrogens is 226 g/mol. The Kier molecular flexibility index (Phi) is 5.42. The summed E-state index contributed by atoms with van der Waals surface area (Å²) in [5.74, 6) is 1.11. The Labute approximate surface area is 109 Å². The van der Waals surface area contributed by atoms with E-state index in [0.717, 1.165) is 32.1 Å². The van der Waals surface area contributed by atoms with Crippen LogP contribution in [0.3, 0.4) is 0 Å². The van der Waals surface area contributed by atoms with Gasteiger partial charge in [-0.05, 0) is 31.4 Å². The van der Waals surface area contributed by atoms with Crippen LogP contribution in [-0.4, -0.2) is 44.4 Å². The van der Waals surface area contributed by atoms with Gasteiger partial charge in [0.15, 0.2) is 0 Å². The molecule has 0 radical (unpaired) electrons. The molecule has 1 aliphatic rings. The highest BCUT2D eigenvalue weighted by Crippen LogP contribution is 2.22. The van der Waals surface area contributed by atoms with Crippen LogP contribution < -0.4 is 10.2 Å². The molecule has 0 amide bonds. The second-order valence-corrected chi connectivity index (χ2v) is 4.73. The van der Waals surface area contributed by atoms with E-state index in [-0.39, 0.29) is 0 Å². The maximum Gasteiger partial charge on any atom is 0.128 e. The molecule has 1 aromatic rings. The minimum absolute atomic E-state index is 0.561. The number of ether oxygens (including phenoxy) is 1. The molecule has 1 aromatic heterocycles. The van der Waals surface area contributed by atoms with E-state index in [2.05, 4.69) is 27.3 Å². The van der Waals surface area contributed by atoms with Gasteiger partial charge in [-0.25, -0.2) is 4.98 Å². The fraction of sp³-hybridized carbons (Fsp3) is 0.643. The Hall–Kier alpha value is -1.13. The number of hydrogen-bond acceptors (Lipinski definition) is 4. The average Bonchev–Trinajstić information content (AvgIpc) is 2.45. The Morgan fingerprint density at radius 3 is 3.17 bits per heavy atom.